The first-order valence-corrected chi connectivity index (χ1v) is 9.46. The van der Waals surface area contributed by atoms with Gasteiger partial charge in [-0.2, -0.15) is 9.90 Å². The van der Waals surface area contributed by atoms with Crippen molar-refractivity contribution in [3.8, 4) is 11.4 Å². The van der Waals surface area contributed by atoms with Crippen LogP contribution in [0.2, 0.25) is 0 Å². The molecule has 29 heavy (non-hydrogen) atoms. The quantitative estimate of drug-likeness (QED) is 0.502. The number of anilines is 1. The molecule has 0 saturated carbocycles. The van der Waals surface area contributed by atoms with Gasteiger partial charge in [-0.05, 0) is 17.2 Å². The summed E-state index contributed by atoms with van der Waals surface area (Å²) in [6.07, 6.45) is 4.47. The summed E-state index contributed by atoms with van der Waals surface area (Å²) in [5.74, 6) is 0.522. The van der Waals surface area contributed by atoms with E-state index in [-0.39, 0.29) is 5.91 Å². The first kappa shape index (κ1) is 18.5. The lowest BCUT2D eigenvalue weighted by Crippen LogP contribution is -2.13. The van der Waals surface area contributed by atoms with E-state index in [4.69, 9.17) is 0 Å². The average molecular weight is 387 g/mol. The Kier molecular flexibility index (Phi) is 5.70. The molecule has 0 fully saturated rings. The molecule has 0 saturated heterocycles. The number of carbonyl (C=O) groups excluding carboxylic acids is 1. The lowest BCUT2D eigenvalue weighted by atomic mass is 10.2. The molecule has 0 aliphatic heterocycles. The van der Waals surface area contributed by atoms with E-state index < -0.39 is 0 Å². The van der Waals surface area contributed by atoms with Crippen molar-refractivity contribution in [3.05, 3.63) is 78.6 Å². The van der Waals surface area contributed by atoms with Crippen LogP contribution >= 0.6 is 0 Å². The summed E-state index contributed by atoms with van der Waals surface area (Å²) in [4.78, 5) is 13.7. The van der Waals surface area contributed by atoms with Crippen LogP contribution in [0.1, 0.15) is 18.4 Å². The standard InChI is InChI=1S/C21H21N7O/c29-20(23-19-14-22-27(16-19)15-17-8-3-1-4-9-17)12-7-13-28-25-21(24-26-28)18-10-5-2-6-11-18/h1-6,8-11,14,16H,7,12-13,15H2,(H,23,29). The van der Waals surface area contributed by atoms with Crippen LogP contribution in [0.3, 0.4) is 0 Å². The molecule has 4 rings (SSSR count). The van der Waals surface area contributed by atoms with Gasteiger partial charge in [0.1, 0.15) is 0 Å². The zero-order valence-corrected chi connectivity index (χ0v) is 15.8. The topological polar surface area (TPSA) is 90.5 Å². The third kappa shape index (κ3) is 5.13. The summed E-state index contributed by atoms with van der Waals surface area (Å²) < 4.78 is 1.80. The Morgan fingerprint density at radius 3 is 2.55 bits per heavy atom. The van der Waals surface area contributed by atoms with Crippen LogP contribution in [-0.4, -0.2) is 35.9 Å². The van der Waals surface area contributed by atoms with Gasteiger partial charge in [0.25, 0.3) is 0 Å². The molecule has 0 unspecified atom stereocenters. The maximum absolute atomic E-state index is 12.2. The average Bonchev–Trinajstić information content (AvgIpc) is 3.39. The van der Waals surface area contributed by atoms with Crippen LogP contribution in [0, 0.1) is 0 Å². The van der Waals surface area contributed by atoms with Crippen LogP contribution in [0.15, 0.2) is 73.1 Å². The van der Waals surface area contributed by atoms with E-state index in [0.29, 0.717) is 37.4 Å². The van der Waals surface area contributed by atoms with Gasteiger partial charge < -0.3 is 5.32 Å². The molecule has 0 spiro atoms. The molecule has 0 radical (unpaired) electrons. The second kappa shape index (κ2) is 8.92. The minimum Gasteiger partial charge on any atom is -0.323 e. The Hall–Kier alpha value is -3.81. The summed E-state index contributed by atoms with van der Waals surface area (Å²) in [5.41, 5.74) is 2.77. The molecule has 0 aliphatic rings. The molecule has 146 valence electrons. The Morgan fingerprint density at radius 2 is 1.76 bits per heavy atom. The first-order chi connectivity index (χ1) is 14.3. The molecular formula is C21H21N7O. The number of nitrogens with one attached hydrogen (secondary N) is 1. The number of rotatable bonds is 8. The Bertz CT molecular complexity index is 1060. The van der Waals surface area contributed by atoms with Crippen LogP contribution < -0.4 is 5.32 Å². The zero-order chi connectivity index (χ0) is 19.9. The number of amides is 1. The van der Waals surface area contributed by atoms with Gasteiger partial charge in [-0.1, -0.05) is 60.7 Å². The van der Waals surface area contributed by atoms with Crippen LogP contribution in [-0.2, 0) is 17.9 Å². The molecule has 2 aromatic heterocycles. The minimum absolute atomic E-state index is 0.0624. The Labute approximate surface area is 168 Å². The van der Waals surface area contributed by atoms with Crippen LogP contribution in [0.5, 0.6) is 0 Å². The maximum atomic E-state index is 12.2. The molecular weight excluding hydrogens is 366 g/mol. The summed E-state index contributed by atoms with van der Waals surface area (Å²) in [6, 6.07) is 19.7. The SMILES string of the molecule is O=C(CCCn1nnc(-c2ccccc2)n1)Nc1cnn(Cc2ccccc2)c1. The summed E-state index contributed by atoms with van der Waals surface area (Å²) in [6.45, 7) is 1.19. The summed E-state index contributed by atoms with van der Waals surface area (Å²) in [7, 11) is 0. The van der Waals surface area contributed by atoms with Crippen LogP contribution in [0.4, 0.5) is 5.69 Å². The Morgan fingerprint density at radius 1 is 1.00 bits per heavy atom. The molecule has 0 atom stereocenters. The van der Waals surface area contributed by atoms with E-state index in [2.05, 4.69) is 25.8 Å². The number of hydrogen-bond acceptors (Lipinski definition) is 5. The van der Waals surface area contributed by atoms with Crippen molar-refractivity contribution in [2.45, 2.75) is 25.9 Å². The molecule has 8 heteroatoms. The Balaban J connectivity index is 1.23. The van der Waals surface area contributed by atoms with E-state index >= 15 is 0 Å². The number of nitrogens with zero attached hydrogens (tertiary/aromatic N) is 6. The number of carbonyl (C=O) groups is 1. The largest absolute Gasteiger partial charge is 0.323 e. The highest BCUT2D eigenvalue weighted by Gasteiger charge is 2.08. The number of aromatic nitrogens is 6. The highest BCUT2D eigenvalue weighted by molar-refractivity contribution is 5.90. The second-order valence-corrected chi connectivity index (χ2v) is 6.64. The predicted molar refractivity (Wildman–Crippen MR) is 109 cm³/mol. The highest BCUT2D eigenvalue weighted by Crippen LogP contribution is 2.12. The first-order valence-electron chi connectivity index (χ1n) is 9.46. The van der Waals surface area contributed by atoms with E-state index in [0.717, 1.165) is 11.1 Å². The van der Waals surface area contributed by atoms with Crippen molar-refractivity contribution in [2.75, 3.05) is 5.32 Å². The zero-order valence-electron chi connectivity index (χ0n) is 15.8. The van der Waals surface area contributed by atoms with Gasteiger partial charge in [0.15, 0.2) is 0 Å². The number of benzene rings is 2. The van der Waals surface area contributed by atoms with Crippen molar-refractivity contribution >= 4 is 11.6 Å². The van der Waals surface area contributed by atoms with Gasteiger partial charge in [-0.25, -0.2) is 0 Å². The van der Waals surface area contributed by atoms with Crippen molar-refractivity contribution in [1.82, 2.24) is 30.0 Å². The number of tetrazole rings is 1. The summed E-state index contributed by atoms with van der Waals surface area (Å²) >= 11 is 0. The lowest BCUT2D eigenvalue weighted by molar-refractivity contribution is -0.116. The highest BCUT2D eigenvalue weighted by atomic mass is 16.1. The van der Waals surface area contributed by atoms with Crippen molar-refractivity contribution < 1.29 is 4.79 Å². The smallest absolute Gasteiger partial charge is 0.224 e. The van der Waals surface area contributed by atoms with E-state index in [1.165, 1.54) is 4.80 Å². The molecule has 2 heterocycles. The normalized spacial score (nSPS) is 10.8. The predicted octanol–water partition coefficient (Wildman–Crippen LogP) is 3.00. The van der Waals surface area contributed by atoms with Gasteiger partial charge in [0, 0.05) is 18.2 Å². The fourth-order valence-electron chi connectivity index (χ4n) is 2.93. The molecule has 0 aliphatic carbocycles. The fraction of sp³-hybridized carbons (Fsp3) is 0.190. The van der Waals surface area contributed by atoms with E-state index in [9.17, 15) is 4.79 Å². The molecule has 8 nitrogen and oxygen atoms in total. The van der Waals surface area contributed by atoms with E-state index in [1.807, 2.05) is 66.9 Å². The third-order valence-corrected chi connectivity index (χ3v) is 4.35. The van der Waals surface area contributed by atoms with E-state index in [1.54, 1.807) is 10.9 Å². The lowest BCUT2D eigenvalue weighted by Gasteiger charge is -2.03. The third-order valence-electron chi connectivity index (χ3n) is 4.35. The van der Waals surface area contributed by atoms with Gasteiger partial charge >= 0.3 is 0 Å². The fourth-order valence-corrected chi connectivity index (χ4v) is 2.93. The summed E-state index contributed by atoms with van der Waals surface area (Å²) in [5, 5.41) is 19.6. The number of hydrogen-bond donors (Lipinski definition) is 1. The molecule has 2 aromatic carbocycles. The monoisotopic (exact) mass is 387 g/mol. The molecule has 1 amide bonds. The van der Waals surface area contributed by atoms with Gasteiger partial charge in [0.2, 0.25) is 11.7 Å². The van der Waals surface area contributed by atoms with Crippen molar-refractivity contribution in [2.24, 2.45) is 0 Å². The van der Waals surface area contributed by atoms with Crippen LogP contribution in [0.25, 0.3) is 11.4 Å². The second-order valence-electron chi connectivity index (χ2n) is 6.64. The maximum Gasteiger partial charge on any atom is 0.224 e. The molecule has 1 N–H and O–H groups in total. The van der Waals surface area contributed by atoms with Gasteiger partial charge in [0.05, 0.1) is 25.0 Å². The molecule has 0 bridgehead atoms. The van der Waals surface area contributed by atoms with Crippen molar-refractivity contribution in [1.29, 1.82) is 0 Å². The minimum atomic E-state index is -0.0624. The van der Waals surface area contributed by atoms with Gasteiger partial charge in [-0.3, -0.25) is 9.48 Å². The van der Waals surface area contributed by atoms with Gasteiger partial charge in [-0.15, -0.1) is 10.2 Å². The molecule has 4 aromatic rings. The van der Waals surface area contributed by atoms with Crippen molar-refractivity contribution in [3.63, 3.8) is 0 Å². The number of aryl methyl sites for hydroxylation is 1.